The van der Waals surface area contributed by atoms with Crippen LogP contribution < -0.4 is 5.64 Å². The van der Waals surface area contributed by atoms with Crippen LogP contribution in [0, 0.1) is 0 Å². The van der Waals surface area contributed by atoms with Crippen LogP contribution in [0.4, 0.5) is 0 Å². The predicted octanol–water partition coefficient (Wildman–Crippen LogP) is -1.00. The minimum atomic E-state index is 0. The van der Waals surface area contributed by atoms with Gasteiger partial charge in [-0.2, -0.15) is 0 Å². The highest BCUT2D eigenvalue weighted by Gasteiger charge is 1.36. The molecule has 0 aliphatic heterocycles. The lowest BCUT2D eigenvalue weighted by Crippen LogP contribution is -2.52. The van der Waals surface area contributed by atoms with Crippen LogP contribution in [-0.4, -0.2) is 7.41 Å². The summed E-state index contributed by atoms with van der Waals surface area (Å²) in [6.45, 7) is 2.14. The lowest BCUT2D eigenvalue weighted by atomic mass is 10.0. The molecule has 28 valence electrons. The van der Waals surface area contributed by atoms with Gasteiger partial charge in [0.2, 0.25) is 0 Å². The summed E-state index contributed by atoms with van der Waals surface area (Å²) in [4.78, 5) is 0. The maximum absolute atomic E-state index is 3.61. The molecule has 0 radical (unpaired) electrons. The Hall–Kier alpha value is 0.0249. The molecule has 0 rings (SSSR count). The first-order valence-corrected chi connectivity index (χ1v) is 1.71. The summed E-state index contributed by atoms with van der Waals surface area (Å²) >= 11 is 0. The lowest BCUT2D eigenvalue weighted by molar-refractivity contribution is -0.179. The summed E-state index contributed by atoms with van der Waals surface area (Å²) in [6.07, 6.45) is 0. The zero-order chi connectivity index (χ0) is 2.71. The largest absolute Gasteiger partial charge is 0.552 e. The molecule has 0 unspecified atom stereocenters. The Morgan fingerprint density at radius 3 is 1.75 bits per heavy atom. The van der Waals surface area contributed by atoms with Crippen molar-refractivity contribution < 1.29 is 5.64 Å². The minimum absolute atomic E-state index is 0. The predicted molar refractivity (Wildman–Crippen MR) is 24.0 cm³/mol. The molecule has 0 aliphatic carbocycles. The van der Waals surface area contributed by atoms with E-state index in [-0.39, 0.29) is 14.8 Å². The van der Waals surface area contributed by atoms with Crippen LogP contribution in [0.15, 0.2) is 0 Å². The molecule has 0 atom stereocenters. The summed E-state index contributed by atoms with van der Waals surface area (Å²) in [6, 6.07) is 0. The average molecular weight is 60.9 g/mol. The molecule has 2 heteroatoms. The van der Waals surface area contributed by atoms with E-state index in [1.54, 1.807) is 0 Å². The summed E-state index contributed by atoms with van der Waals surface area (Å²) in [5.41, 5.74) is 3.61. The highest BCUT2D eigenvalue weighted by atomic mass is 14.3. The Kier molecular flexibility index (Phi) is 26.5. The first kappa shape index (κ1) is 8.98. The molecule has 1 nitrogen and oxygen atoms in total. The summed E-state index contributed by atoms with van der Waals surface area (Å²) in [7, 11) is 0.250. The normalized spacial score (nSPS) is 4.50. The lowest BCUT2D eigenvalue weighted by Gasteiger charge is -1.54. The fraction of sp³-hybridized carbons (Fsp3) is 1.00. The molecule has 4 heavy (non-hydrogen) atoms. The third kappa shape index (κ3) is 3420. The Bertz CT molecular complexity index is 6.00. The highest BCUT2D eigenvalue weighted by molar-refractivity contribution is 6.20. The minimum Gasteiger partial charge on any atom is -0.552 e. The molecule has 0 amide bonds. The topological polar surface area (TPSA) is 27.6 Å². The molecular formula is C2H12BN. The van der Waals surface area contributed by atoms with Crippen LogP contribution in [0.3, 0.4) is 0 Å². The molecule has 3 N–H and O–H groups in total. The number of quaternary nitrogens is 1. The maximum atomic E-state index is 3.61. The van der Waals surface area contributed by atoms with Gasteiger partial charge < -0.3 is 5.64 Å². The molecule has 0 fully saturated rings. The summed E-state index contributed by atoms with van der Waals surface area (Å²) in [5, 5.41) is 0. The molecule has 0 saturated heterocycles. The fourth-order valence-corrected chi connectivity index (χ4v) is 0. The van der Waals surface area contributed by atoms with Crippen molar-refractivity contribution in [1.82, 2.24) is 0 Å². The second-order valence-electron chi connectivity index (χ2n) is 0.707. The number of rotatable bonds is 0. The van der Waals surface area contributed by atoms with Gasteiger partial charge in [-0.25, -0.2) is 0 Å². The van der Waals surface area contributed by atoms with Gasteiger partial charge in [-0.15, -0.1) is 6.82 Å². The van der Waals surface area contributed by atoms with Gasteiger partial charge in [0.05, 0.1) is 0 Å². The molecule has 0 saturated carbocycles. The van der Waals surface area contributed by atoms with E-state index in [9.17, 15) is 0 Å². The van der Waals surface area contributed by atoms with E-state index in [1.807, 2.05) is 0 Å². The van der Waals surface area contributed by atoms with Crippen molar-refractivity contribution in [2.75, 3.05) is 0 Å². The third-order valence-electron chi connectivity index (χ3n) is 0. The van der Waals surface area contributed by atoms with Crippen LogP contribution in [0.25, 0.3) is 0 Å². The van der Waals surface area contributed by atoms with Gasteiger partial charge in [0.15, 0.2) is 7.41 Å². The highest BCUT2D eigenvalue weighted by Crippen LogP contribution is 1.09. The van der Waals surface area contributed by atoms with E-state index in [4.69, 9.17) is 0 Å². The van der Waals surface area contributed by atoms with Gasteiger partial charge in [-0.1, -0.05) is 7.43 Å². The Labute approximate surface area is 28.5 Å². The smallest absolute Gasteiger partial charge is 0.175 e. The Morgan fingerprint density at radius 2 is 1.75 bits per heavy atom. The number of hydrogen-bond donors (Lipinski definition) is 1. The first-order chi connectivity index (χ1) is 1.41. The molecule has 0 bridgehead atoms. The Balaban J connectivity index is 0. The maximum Gasteiger partial charge on any atom is 0.175 e. The van der Waals surface area contributed by atoms with Crippen molar-refractivity contribution in [3.8, 4) is 0 Å². The van der Waals surface area contributed by atoms with E-state index < -0.39 is 0 Å². The Morgan fingerprint density at radius 1 is 1.75 bits per heavy atom. The monoisotopic (exact) mass is 61.1 g/mol. The molecule has 0 heterocycles. The second kappa shape index (κ2) is 11.8. The van der Waals surface area contributed by atoms with Gasteiger partial charge in [0.25, 0.3) is 0 Å². The van der Waals surface area contributed by atoms with Crippen molar-refractivity contribution in [1.29, 1.82) is 0 Å². The summed E-state index contributed by atoms with van der Waals surface area (Å²) in [5.74, 6) is 0. The van der Waals surface area contributed by atoms with Crippen LogP contribution in [-0.2, 0) is 0 Å². The van der Waals surface area contributed by atoms with E-state index in [0.717, 1.165) is 0 Å². The van der Waals surface area contributed by atoms with Crippen LogP contribution in [0.5, 0.6) is 0 Å². The first-order valence-electron chi connectivity index (χ1n) is 1.71. The van der Waals surface area contributed by atoms with Gasteiger partial charge in [-0.3, -0.25) is 0 Å². The van der Waals surface area contributed by atoms with Crippen LogP contribution in [0.2, 0.25) is 6.82 Å². The van der Waals surface area contributed by atoms with Crippen molar-refractivity contribution in [3.05, 3.63) is 0 Å². The van der Waals surface area contributed by atoms with E-state index in [1.165, 1.54) is 0 Å². The molecular weight excluding hydrogens is 48.8 g/mol. The van der Waals surface area contributed by atoms with E-state index in [0.29, 0.717) is 0 Å². The fourth-order valence-electron chi connectivity index (χ4n) is 0. The standard InChI is InChI=1S/CH8BN.CH4/c1-2-3;/h2H2,1,3H3;1H4. The van der Waals surface area contributed by atoms with Crippen molar-refractivity contribution in [2.24, 2.45) is 0 Å². The van der Waals surface area contributed by atoms with Crippen molar-refractivity contribution >= 4 is 7.41 Å². The zero-order valence-electron chi connectivity index (χ0n) is 2.71. The van der Waals surface area contributed by atoms with Crippen molar-refractivity contribution in [2.45, 2.75) is 14.2 Å². The molecule has 0 aromatic carbocycles. The van der Waals surface area contributed by atoms with Crippen LogP contribution in [0.1, 0.15) is 7.43 Å². The summed E-state index contributed by atoms with van der Waals surface area (Å²) < 4.78 is 0. The van der Waals surface area contributed by atoms with E-state index in [2.05, 4.69) is 12.5 Å². The third-order valence-corrected chi connectivity index (χ3v) is 0. The van der Waals surface area contributed by atoms with Crippen LogP contribution >= 0.6 is 0 Å². The van der Waals surface area contributed by atoms with E-state index >= 15 is 0 Å². The van der Waals surface area contributed by atoms with Gasteiger partial charge in [0, 0.05) is 0 Å². The molecule has 0 aliphatic rings. The number of hydrogen-bond acceptors (Lipinski definition) is 0. The second-order valence-corrected chi connectivity index (χ2v) is 0.707. The van der Waals surface area contributed by atoms with Gasteiger partial charge in [-0.05, 0) is 0 Å². The zero-order valence-corrected chi connectivity index (χ0v) is 2.71. The van der Waals surface area contributed by atoms with Gasteiger partial charge in [0.1, 0.15) is 0 Å². The van der Waals surface area contributed by atoms with Crippen molar-refractivity contribution in [3.63, 3.8) is 0 Å². The van der Waals surface area contributed by atoms with Gasteiger partial charge >= 0.3 is 0 Å². The molecule has 0 aromatic rings. The average Bonchev–Trinajstić information content (AvgIpc) is 0.918. The SMILES string of the molecule is C.C[BH2-][NH3+]. The quantitative estimate of drug-likeness (QED) is 0.348. The molecule has 0 spiro atoms. The molecule has 0 aromatic heterocycles.